The van der Waals surface area contributed by atoms with Gasteiger partial charge in [0.05, 0.1) is 6.61 Å². The predicted molar refractivity (Wildman–Crippen MR) is 59.7 cm³/mol. The number of aryl methyl sites for hydroxylation is 1. The first-order chi connectivity index (χ1) is 7.47. The quantitative estimate of drug-likeness (QED) is 0.832. The number of carbonyl (C=O) groups excluding carboxylic acids is 1. The zero-order valence-electron chi connectivity index (χ0n) is 9.09. The average molecular weight is 246 g/mol. The Morgan fingerprint density at radius 1 is 1.62 bits per heavy atom. The Bertz CT molecular complexity index is 409. The summed E-state index contributed by atoms with van der Waals surface area (Å²) in [5.41, 5.74) is 6.27. The number of esters is 1. The van der Waals surface area contributed by atoms with Crippen LogP contribution < -0.4 is 5.73 Å². The molecule has 1 atom stereocenters. The fourth-order valence-electron chi connectivity index (χ4n) is 1.26. The number of hydrogen-bond donors (Lipinski definition) is 1. The molecule has 0 aliphatic heterocycles. The highest BCUT2D eigenvalue weighted by molar-refractivity contribution is 6.31. The van der Waals surface area contributed by atoms with Gasteiger partial charge in [-0.1, -0.05) is 11.6 Å². The normalized spacial score (nSPS) is 12.3. The third-order valence-corrected chi connectivity index (χ3v) is 2.48. The summed E-state index contributed by atoms with van der Waals surface area (Å²) >= 11 is 5.89. The lowest BCUT2D eigenvalue weighted by Crippen LogP contribution is -2.24. The first kappa shape index (κ1) is 12.9. The largest absolute Gasteiger partial charge is 0.465 e. The molecule has 0 aliphatic carbocycles. The second-order valence-corrected chi connectivity index (χ2v) is 3.76. The SMILES string of the molecule is CCOC(=O)C(N)c1cc(F)c(C)cc1Cl. The minimum Gasteiger partial charge on any atom is -0.465 e. The number of rotatable bonds is 3. The van der Waals surface area contributed by atoms with Crippen LogP contribution in [0.2, 0.25) is 5.02 Å². The lowest BCUT2D eigenvalue weighted by molar-refractivity contribution is -0.144. The molecule has 0 saturated carbocycles. The van der Waals surface area contributed by atoms with Crippen molar-refractivity contribution in [3.63, 3.8) is 0 Å². The minimum atomic E-state index is -1.05. The van der Waals surface area contributed by atoms with E-state index in [4.69, 9.17) is 22.1 Å². The van der Waals surface area contributed by atoms with Crippen LogP contribution in [-0.2, 0) is 9.53 Å². The van der Waals surface area contributed by atoms with Crippen LogP contribution in [-0.4, -0.2) is 12.6 Å². The summed E-state index contributed by atoms with van der Waals surface area (Å²) in [4.78, 5) is 11.4. The van der Waals surface area contributed by atoms with Crippen LogP contribution in [0.1, 0.15) is 24.1 Å². The third kappa shape index (κ3) is 2.71. The van der Waals surface area contributed by atoms with Gasteiger partial charge in [-0.15, -0.1) is 0 Å². The van der Waals surface area contributed by atoms with E-state index in [1.54, 1.807) is 13.8 Å². The van der Waals surface area contributed by atoms with Gasteiger partial charge >= 0.3 is 5.97 Å². The molecule has 0 heterocycles. The van der Waals surface area contributed by atoms with Crippen molar-refractivity contribution in [2.24, 2.45) is 5.73 Å². The fourth-order valence-corrected chi connectivity index (χ4v) is 1.59. The van der Waals surface area contributed by atoms with Crippen LogP contribution >= 0.6 is 11.6 Å². The zero-order valence-corrected chi connectivity index (χ0v) is 9.84. The summed E-state index contributed by atoms with van der Waals surface area (Å²) in [6.07, 6.45) is 0. The molecule has 3 nitrogen and oxygen atoms in total. The average Bonchev–Trinajstić information content (AvgIpc) is 2.23. The maximum atomic E-state index is 13.3. The van der Waals surface area contributed by atoms with Gasteiger partial charge < -0.3 is 10.5 Å². The van der Waals surface area contributed by atoms with E-state index in [-0.39, 0.29) is 17.2 Å². The van der Waals surface area contributed by atoms with Gasteiger partial charge in [0.15, 0.2) is 0 Å². The summed E-state index contributed by atoms with van der Waals surface area (Å²) in [5.74, 6) is -1.06. The molecule has 1 rings (SSSR count). The Morgan fingerprint density at radius 3 is 2.81 bits per heavy atom. The minimum absolute atomic E-state index is 0.221. The summed E-state index contributed by atoms with van der Waals surface area (Å²) in [7, 11) is 0. The van der Waals surface area contributed by atoms with Crippen molar-refractivity contribution in [1.29, 1.82) is 0 Å². The zero-order chi connectivity index (χ0) is 12.3. The van der Waals surface area contributed by atoms with Gasteiger partial charge in [-0.3, -0.25) is 0 Å². The molecule has 0 aliphatic rings. The van der Waals surface area contributed by atoms with E-state index >= 15 is 0 Å². The van der Waals surface area contributed by atoms with Gasteiger partial charge in [0.25, 0.3) is 0 Å². The summed E-state index contributed by atoms with van der Waals surface area (Å²) < 4.78 is 18.0. The maximum absolute atomic E-state index is 13.3. The topological polar surface area (TPSA) is 52.3 Å². The van der Waals surface area contributed by atoms with Crippen LogP contribution in [0.25, 0.3) is 0 Å². The van der Waals surface area contributed by atoms with Crippen molar-refractivity contribution in [3.05, 3.63) is 34.1 Å². The monoisotopic (exact) mass is 245 g/mol. The predicted octanol–water partition coefficient (Wildman–Crippen LogP) is 2.35. The van der Waals surface area contributed by atoms with E-state index in [1.165, 1.54) is 12.1 Å². The molecule has 0 spiro atoms. The van der Waals surface area contributed by atoms with Crippen LogP contribution in [0.5, 0.6) is 0 Å². The summed E-state index contributed by atoms with van der Waals surface area (Å²) in [5, 5.41) is 0.263. The van der Waals surface area contributed by atoms with Gasteiger partial charge in [-0.05, 0) is 31.5 Å². The molecule has 1 aromatic carbocycles. The van der Waals surface area contributed by atoms with Gasteiger partial charge in [0, 0.05) is 10.6 Å². The molecule has 0 aromatic heterocycles. The number of benzene rings is 1. The van der Waals surface area contributed by atoms with Crippen molar-refractivity contribution in [1.82, 2.24) is 0 Å². The molecular formula is C11H13ClFNO2. The van der Waals surface area contributed by atoms with E-state index in [1.807, 2.05) is 0 Å². The molecule has 5 heteroatoms. The Labute approximate surface area is 98.3 Å². The van der Waals surface area contributed by atoms with Crippen molar-refractivity contribution >= 4 is 17.6 Å². The lowest BCUT2D eigenvalue weighted by atomic mass is 10.1. The Morgan fingerprint density at radius 2 is 2.25 bits per heavy atom. The van der Waals surface area contributed by atoms with Crippen molar-refractivity contribution in [2.45, 2.75) is 19.9 Å². The molecule has 1 unspecified atom stereocenters. The van der Waals surface area contributed by atoms with Crippen LogP contribution in [0.15, 0.2) is 12.1 Å². The van der Waals surface area contributed by atoms with Crippen LogP contribution in [0, 0.1) is 12.7 Å². The highest BCUT2D eigenvalue weighted by Crippen LogP contribution is 2.25. The molecular weight excluding hydrogens is 233 g/mol. The number of nitrogens with two attached hydrogens (primary N) is 1. The standard InChI is InChI=1S/C11H13ClFNO2/c1-3-16-11(15)10(14)7-5-9(13)6(2)4-8(7)12/h4-5,10H,3,14H2,1-2H3. The van der Waals surface area contributed by atoms with Gasteiger partial charge in [-0.2, -0.15) is 0 Å². The van der Waals surface area contributed by atoms with E-state index in [9.17, 15) is 9.18 Å². The fraction of sp³-hybridized carbons (Fsp3) is 0.364. The first-order valence-electron chi connectivity index (χ1n) is 4.85. The highest BCUT2D eigenvalue weighted by Gasteiger charge is 2.21. The van der Waals surface area contributed by atoms with Gasteiger partial charge in [0.2, 0.25) is 0 Å². The number of ether oxygens (including phenoxy) is 1. The maximum Gasteiger partial charge on any atom is 0.327 e. The molecule has 2 N–H and O–H groups in total. The van der Waals surface area contributed by atoms with Gasteiger partial charge in [0.1, 0.15) is 11.9 Å². The van der Waals surface area contributed by atoms with Crippen LogP contribution in [0.4, 0.5) is 4.39 Å². The Hall–Kier alpha value is -1.13. The molecule has 0 fully saturated rings. The second kappa shape index (κ2) is 5.27. The smallest absolute Gasteiger partial charge is 0.327 e. The van der Waals surface area contributed by atoms with E-state index in [2.05, 4.69) is 0 Å². The number of carbonyl (C=O) groups is 1. The van der Waals surface area contributed by atoms with E-state index in [0.29, 0.717) is 5.56 Å². The Balaban J connectivity index is 3.04. The molecule has 16 heavy (non-hydrogen) atoms. The number of hydrogen-bond acceptors (Lipinski definition) is 3. The second-order valence-electron chi connectivity index (χ2n) is 3.35. The van der Waals surface area contributed by atoms with Crippen molar-refractivity contribution in [3.8, 4) is 0 Å². The lowest BCUT2D eigenvalue weighted by Gasteiger charge is -2.13. The third-order valence-electron chi connectivity index (χ3n) is 2.15. The molecule has 88 valence electrons. The van der Waals surface area contributed by atoms with Crippen molar-refractivity contribution < 1.29 is 13.9 Å². The van der Waals surface area contributed by atoms with E-state index < -0.39 is 17.8 Å². The van der Waals surface area contributed by atoms with Crippen LogP contribution in [0.3, 0.4) is 0 Å². The first-order valence-corrected chi connectivity index (χ1v) is 5.23. The summed E-state index contributed by atoms with van der Waals surface area (Å²) in [6, 6.07) is 1.55. The number of halogens is 2. The van der Waals surface area contributed by atoms with Crippen molar-refractivity contribution in [2.75, 3.05) is 6.61 Å². The van der Waals surface area contributed by atoms with E-state index in [0.717, 1.165) is 0 Å². The Kier molecular flexibility index (Phi) is 4.26. The molecule has 0 radical (unpaired) electrons. The highest BCUT2D eigenvalue weighted by atomic mass is 35.5. The molecule has 0 bridgehead atoms. The molecule has 0 amide bonds. The molecule has 1 aromatic rings. The van der Waals surface area contributed by atoms with Gasteiger partial charge in [-0.25, -0.2) is 9.18 Å². The summed E-state index contributed by atoms with van der Waals surface area (Å²) in [6.45, 7) is 3.47. The molecule has 0 saturated heterocycles.